The number of ether oxygens (including phenoxy) is 2. The van der Waals surface area contributed by atoms with Gasteiger partial charge in [0.25, 0.3) is 11.7 Å². The molecule has 0 aliphatic carbocycles. The van der Waals surface area contributed by atoms with E-state index in [9.17, 15) is 14.7 Å². The Hall–Kier alpha value is -3.58. The predicted octanol–water partition coefficient (Wildman–Crippen LogP) is 6.03. The maximum atomic E-state index is 13.3. The van der Waals surface area contributed by atoms with Gasteiger partial charge >= 0.3 is 0 Å². The third-order valence-corrected chi connectivity index (χ3v) is 7.02. The van der Waals surface area contributed by atoms with E-state index in [1.807, 2.05) is 25.3 Å². The Morgan fingerprint density at radius 2 is 1.86 bits per heavy atom. The smallest absolute Gasteiger partial charge is 0.300 e. The van der Waals surface area contributed by atoms with Crippen molar-refractivity contribution in [2.45, 2.75) is 33.7 Å². The molecule has 1 unspecified atom stereocenters. The van der Waals surface area contributed by atoms with E-state index in [0.717, 1.165) is 21.8 Å². The summed E-state index contributed by atoms with van der Waals surface area (Å²) in [5, 5.41) is 13.3. The van der Waals surface area contributed by atoms with E-state index >= 15 is 0 Å². The van der Waals surface area contributed by atoms with Crippen LogP contribution >= 0.6 is 11.3 Å². The summed E-state index contributed by atoms with van der Waals surface area (Å²) in [6.45, 7) is 8.55. The summed E-state index contributed by atoms with van der Waals surface area (Å²) in [7, 11) is 1.55. The summed E-state index contributed by atoms with van der Waals surface area (Å²) in [4.78, 5) is 28.9. The lowest BCUT2D eigenvalue weighted by Gasteiger charge is -2.25. The Morgan fingerprint density at radius 1 is 1.09 bits per heavy atom. The number of ketones is 1. The number of methoxy groups -OCH3 is 1. The van der Waals surface area contributed by atoms with Crippen LogP contribution in [0.5, 0.6) is 11.5 Å². The lowest BCUT2D eigenvalue weighted by Crippen LogP contribution is -2.29. The normalized spacial score (nSPS) is 17.3. The number of nitrogens with zero attached hydrogens (tertiary/aromatic N) is 1. The van der Waals surface area contributed by atoms with Gasteiger partial charge in [0.15, 0.2) is 0 Å². The molecule has 1 aromatic heterocycles. The Labute approximate surface area is 209 Å². The molecule has 1 amide bonds. The van der Waals surface area contributed by atoms with Crippen molar-refractivity contribution < 1.29 is 24.2 Å². The molecule has 0 radical (unpaired) electrons. The molecule has 0 saturated carbocycles. The molecule has 1 aliphatic heterocycles. The summed E-state index contributed by atoms with van der Waals surface area (Å²) >= 11 is 1.45. The van der Waals surface area contributed by atoms with Crippen LogP contribution in [0.3, 0.4) is 0 Å². The van der Waals surface area contributed by atoms with Gasteiger partial charge in [-0.25, -0.2) is 0 Å². The van der Waals surface area contributed by atoms with Crippen molar-refractivity contribution in [2.75, 3.05) is 18.6 Å². The van der Waals surface area contributed by atoms with Gasteiger partial charge < -0.3 is 14.6 Å². The summed E-state index contributed by atoms with van der Waals surface area (Å²) in [5.74, 6) is 0.0534. The van der Waals surface area contributed by atoms with Crippen LogP contribution < -0.4 is 14.4 Å². The van der Waals surface area contributed by atoms with E-state index in [1.54, 1.807) is 49.6 Å². The molecule has 2 aromatic carbocycles. The summed E-state index contributed by atoms with van der Waals surface area (Å²) in [6.07, 6.45) is 0. The second-order valence-electron chi connectivity index (χ2n) is 9.02. The number of hydrogen-bond acceptors (Lipinski definition) is 6. The monoisotopic (exact) mass is 491 g/mol. The van der Waals surface area contributed by atoms with E-state index in [-0.39, 0.29) is 11.3 Å². The quantitative estimate of drug-likeness (QED) is 0.248. The fraction of sp³-hybridized carbons (Fsp3) is 0.286. The van der Waals surface area contributed by atoms with Gasteiger partial charge in [0.1, 0.15) is 23.3 Å². The second kappa shape index (κ2) is 9.96. The number of hydrogen-bond donors (Lipinski definition) is 1. The van der Waals surface area contributed by atoms with Crippen LogP contribution in [0.15, 0.2) is 59.5 Å². The number of anilines is 1. The number of amides is 1. The standard InChI is InChI=1S/C28H29NO5S/c1-16(2)15-34-22-10-9-19(13-18(22)4)25(30)23-24(27-17(3)11-12-35-27)29(28(32)26(23)31)20-7-6-8-21(14-20)33-5/h6-14,16,24,30H,15H2,1-5H3/b25-23-. The molecule has 0 spiro atoms. The zero-order chi connectivity index (χ0) is 25.3. The molecule has 3 aromatic rings. The maximum absolute atomic E-state index is 13.3. The molecule has 4 rings (SSSR count). The number of carbonyl (C=O) groups excluding carboxylic acids is 2. The van der Waals surface area contributed by atoms with Crippen LogP contribution in [0.25, 0.3) is 5.76 Å². The van der Waals surface area contributed by atoms with Gasteiger partial charge in [-0.05, 0) is 72.7 Å². The van der Waals surface area contributed by atoms with Crippen LogP contribution in [-0.4, -0.2) is 30.5 Å². The molecule has 2 heterocycles. The van der Waals surface area contributed by atoms with Gasteiger partial charge in [0, 0.05) is 22.2 Å². The van der Waals surface area contributed by atoms with Crippen LogP contribution in [0.4, 0.5) is 5.69 Å². The first-order valence-corrected chi connectivity index (χ1v) is 12.3. The van der Waals surface area contributed by atoms with Crippen molar-refractivity contribution in [2.24, 2.45) is 5.92 Å². The topological polar surface area (TPSA) is 76.1 Å². The Morgan fingerprint density at radius 3 is 2.49 bits per heavy atom. The van der Waals surface area contributed by atoms with Crippen molar-refractivity contribution >= 4 is 34.5 Å². The van der Waals surface area contributed by atoms with Crippen LogP contribution in [0.1, 0.15) is 41.5 Å². The average molecular weight is 492 g/mol. The van der Waals surface area contributed by atoms with Crippen molar-refractivity contribution in [3.05, 3.63) is 81.1 Å². The average Bonchev–Trinajstić information content (AvgIpc) is 3.37. The van der Waals surface area contributed by atoms with Gasteiger partial charge in [0.05, 0.1) is 19.3 Å². The van der Waals surface area contributed by atoms with Gasteiger partial charge in [0.2, 0.25) is 0 Å². The van der Waals surface area contributed by atoms with Gasteiger partial charge in [-0.2, -0.15) is 0 Å². The second-order valence-corrected chi connectivity index (χ2v) is 9.97. The van der Waals surface area contributed by atoms with Crippen molar-refractivity contribution in [3.63, 3.8) is 0 Å². The van der Waals surface area contributed by atoms with Gasteiger partial charge in [-0.1, -0.05) is 19.9 Å². The molecule has 1 aliphatic rings. The Kier molecular flexibility index (Phi) is 6.98. The van der Waals surface area contributed by atoms with E-state index in [0.29, 0.717) is 29.5 Å². The highest BCUT2D eigenvalue weighted by Gasteiger charge is 2.48. The van der Waals surface area contributed by atoms with E-state index in [1.165, 1.54) is 16.2 Å². The maximum Gasteiger partial charge on any atom is 0.300 e. The number of aliphatic hydroxyl groups excluding tert-OH is 1. The molecule has 6 nitrogen and oxygen atoms in total. The first-order valence-electron chi connectivity index (χ1n) is 11.5. The largest absolute Gasteiger partial charge is 0.507 e. The number of benzene rings is 2. The minimum atomic E-state index is -0.751. The van der Waals surface area contributed by atoms with E-state index in [2.05, 4.69) is 13.8 Å². The third kappa shape index (κ3) is 4.68. The van der Waals surface area contributed by atoms with Gasteiger partial charge in [-0.15, -0.1) is 11.3 Å². The number of thiophene rings is 1. The van der Waals surface area contributed by atoms with Crippen molar-refractivity contribution in [1.29, 1.82) is 0 Å². The van der Waals surface area contributed by atoms with Gasteiger partial charge in [-0.3, -0.25) is 14.5 Å². The van der Waals surface area contributed by atoms with Crippen LogP contribution in [0, 0.1) is 19.8 Å². The molecule has 182 valence electrons. The fourth-order valence-corrected chi connectivity index (χ4v) is 5.17. The highest BCUT2D eigenvalue weighted by molar-refractivity contribution is 7.10. The number of rotatable bonds is 7. The third-order valence-electron chi connectivity index (χ3n) is 5.95. The first kappa shape index (κ1) is 24.5. The lowest BCUT2D eigenvalue weighted by atomic mass is 9.97. The van der Waals surface area contributed by atoms with Crippen molar-refractivity contribution in [1.82, 2.24) is 0 Å². The predicted molar refractivity (Wildman–Crippen MR) is 138 cm³/mol. The highest BCUT2D eigenvalue weighted by Crippen LogP contribution is 2.45. The summed E-state index contributed by atoms with van der Waals surface area (Å²) in [6, 6.07) is 13.5. The molecule has 1 atom stereocenters. The number of aryl methyl sites for hydroxylation is 2. The summed E-state index contributed by atoms with van der Waals surface area (Å²) in [5.41, 5.74) is 2.83. The molecule has 35 heavy (non-hydrogen) atoms. The number of aliphatic hydroxyl groups is 1. The minimum Gasteiger partial charge on any atom is -0.507 e. The molecule has 7 heteroatoms. The zero-order valence-electron chi connectivity index (χ0n) is 20.5. The van der Waals surface area contributed by atoms with Crippen LogP contribution in [0.2, 0.25) is 0 Å². The highest BCUT2D eigenvalue weighted by atomic mass is 32.1. The van der Waals surface area contributed by atoms with E-state index in [4.69, 9.17) is 9.47 Å². The molecular weight excluding hydrogens is 462 g/mol. The zero-order valence-corrected chi connectivity index (χ0v) is 21.3. The Bertz CT molecular complexity index is 1310. The molecule has 1 N–H and O–H groups in total. The fourth-order valence-electron chi connectivity index (χ4n) is 4.14. The number of carbonyl (C=O) groups is 2. The Balaban J connectivity index is 1.85. The summed E-state index contributed by atoms with van der Waals surface area (Å²) < 4.78 is 11.2. The first-order chi connectivity index (χ1) is 16.7. The molecular formula is C28H29NO5S. The molecule has 0 bridgehead atoms. The number of Topliss-reactive ketones (excluding diaryl/α,β-unsaturated/α-hetero) is 1. The minimum absolute atomic E-state index is 0.0682. The lowest BCUT2D eigenvalue weighted by molar-refractivity contribution is -0.132. The van der Waals surface area contributed by atoms with Crippen LogP contribution in [-0.2, 0) is 9.59 Å². The van der Waals surface area contributed by atoms with E-state index < -0.39 is 17.7 Å². The molecule has 1 fully saturated rings. The molecule has 1 saturated heterocycles. The SMILES string of the molecule is COc1cccc(N2C(=O)C(=O)/C(=C(\O)c3ccc(OCC(C)C)c(C)c3)C2c2sccc2C)c1. The van der Waals surface area contributed by atoms with Crippen molar-refractivity contribution in [3.8, 4) is 11.5 Å².